The molecule has 1 aliphatic rings. The maximum atomic E-state index is 11.9. The number of aryl methyl sites for hydroxylation is 1. The van der Waals surface area contributed by atoms with Crippen LogP contribution < -0.4 is 15.4 Å². The largest absolute Gasteiger partial charge is 0.497 e. The third kappa shape index (κ3) is 4.93. The molecule has 2 amide bonds. The zero-order chi connectivity index (χ0) is 15.2. The molecule has 1 aromatic carbocycles. The van der Waals surface area contributed by atoms with Gasteiger partial charge in [-0.1, -0.05) is 6.07 Å². The fourth-order valence-electron chi connectivity index (χ4n) is 2.68. The Morgan fingerprint density at radius 2 is 2.00 bits per heavy atom. The molecule has 3 N–H and O–H groups in total. The SMILES string of the molecule is COc1cc(C)cc(CNC(=O)NC2CCC(O)CC2)c1. The molecule has 0 spiro atoms. The molecule has 0 aromatic heterocycles. The van der Waals surface area contributed by atoms with Gasteiger partial charge in [-0.05, 0) is 55.9 Å². The van der Waals surface area contributed by atoms with Gasteiger partial charge in [0.2, 0.25) is 0 Å². The molecule has 0 saturated heterocycles. The Kier molecular flexibility index (Phi) is 5.44. The lowest BCUT2D eigenvalue weighted by Gasteiger charge is -2.26. The van der Waals surface area contributed by atoms with E-state index in [9.17, 15) is 9.90 Å². The van der Waals surface area contributed by atoms with Crippen LogP contribution in [0.25, 0.3) is 0 Å². The quantitative estimate of drug-likeness (QED) is 0.796. The van der Waals surface area contributed by atoms with Crippen molar-refractivity contribution in [1.82, 2.24) is 10.6 Å². The van der Waals surface area contributed by atoms with Crippen LogP contribution in [0.2, 0.25) is 0 Å². The minimum atomic E-state index is -0.203. The Hall–Kier alpha value is -1.75. The Morgan fingerprint density at radius 3 is 2.67 bits per heavy atom. The van der Waals surface area contributed by atoms with Gasteiger partial charge in [0.1, 0.15) is 5.75 Å². The summed E-state index contributed by atoms with van der Waals surface area (Å²) in [5.74, 6) is 0.800. The van der Waals surface area contributed by atoms with Crippen molar-refractivity contribution in [2.75, 3.05) is 7.11 Å². The number of aliphatic hydroxyl groups is 1. The van der Waals surface area contributed by atoms with Crippen LogP contribution in [0, 0.1) is 6.92 Å². The minimum Gasteiger partial charge on any atom is -0.497 e. The monoisotopic (exact) mass is 292 g/mol. The number of nitrogens with one attached hydrogen (secondary N) is 2. The number of amides is 2. The highest BCUT2D eigenvalue weighted by molar-refractivity contribution is 5.74. The van der Waals surface area contributed by atoms with E-state index >= 15 is 0 Å². The minimum absolute atomic E-state index is 0.156. The summed E-state index contributed by atoms with van der Waals surface area (Å²) < 4.78 is 5.22. The van der Waals surface area contributed by atoms with Gasteiger partial charge >= 0.3 is 6.03 Å². The van der Waals surface area contributed by atoms with Crippen LogP contribution >= 0.6 is 0 Å². The van der Waals surface area contributed by atoms with E-state index < -0.39 is 0 Å². The van der Waals surface area contributed by atoms with Crippen molar-refractivity contribution in [3.63, 3.8) is 0 Å². The molecule has 2 rings (SSSR count). The molecule has 0 atom stereocenters. The van der Waals surface area contributed by atoms with Crippen LogP contribution in [0.3, 0.4) is 0 Å². The van der Waals surface area contributed by atoms with Gasteiger partial charge in [-0.3, -0.25) is 0 Å². The van der Waals surface area contributed by atoms with Crippen LogP contribution in [0.15, 0.2) is 18.2 Å². The van der Waals surface area contributed by atoms with Gasteiger partial charge in [0.15, 0.2) is 0 Å². The standard InChI is InChI=1S/C16H24N2O3/c1-11-7-12(9-15(8-11)21-2)10-17-16(20)18-13-3-5-14(19)6-4-13/h7-9,13-14,19H,3-6,10H2,1-2H3,(H2,17,18,20). The summed E-state index contributed by atoms with van der Waals surface area (Å²) in [7, 11) is 1.64. The van der Waals surface area contributed by atoms with Crippen molar-refractivity contribution < 1.29 is 14.6 Å². The molecule has 5 heteroatoms. The summed E-state index contributed by atoms with van der Waals surface area (Å²) in [5, 5.41) is 15.3. The van der Waals surface area contributed by atoms with Crippen molar-refractivity contribution in [1.29, 1.82) is 0 Å². The zero-order valence-corrected chi connectivity index (χ0v) is 12.7. The Bertz CT molecular complexity index is 482. The second-order valence-electron chi connectivity index (χ2n) is 5.69. The summed E-state index contributed by atoms with van der Waals surface area (Å²) in [6.07, 6.45) is 3.01. The Morgan fingerprint density at radius 1 is 1.29 bits per heavy atom. The van der Waals surface area contributed by atoms with E-state index in [4.69, 9.17) is 4.74 Å². The number of benzene rings is 1. The normalized spacial score (nSPS) is 21.7. The average molecular weight is 292 g/mol. The fourth-order valence-corrected chi connectivity index (χ4v) is 2.68. The van der Waals surface area contributed by atoms with E-state index in [1.54, 1.807) is 7.11 Å². The van der Waals surface area contributed by atoms with Crippen LogP contribution in [-0.4, -0.2) is 30.4 Å². The van der Waals surface area contributed by atoms with Crippen LogP contribution in [-0.2, 0) is 6.54 Å². The molecular weight excluding hydrogens is 268 g/mol. The number of aliphatic hydroxyl groups excluding tert-OH is 1. The number of carbonyl (C=O) groups excluding carboxylic acids is 1. The summed E-state index contributed by atoms with van der Waals surface area (Å²) in [6, 6.07) is 5.92. The first kappa shape index (κ1) is 15.6. The van der Waals surface area contributed by atoms with Crippen molar-refractivity contribution >= 4 is 6.03 Å². The first-order chi connectivity index (χ1) is 10.1. The van der Waals surface area contributed by atoms with E-state index in [1.165, 1.54) is 0 Å². The third-order valence-electron chi connectivity index (χ3n) is 3.83. The Labute approximate surface area is 125 Å². The lowest BCUT2D eigenvalue weighted by Crippen LogP contribution is -2.43. The maximum absolute atomic E-state index is 11.9. The van der Waals surface area contributed by atoms with Gasteiger partial charge in [-0.25, -0.2) is 4.79 Å². The number of urea groups is 1. The molecule has 0 aliphatic heterocycles. The van der Waals surface area contributed by atoms with E-state index in [-0.39, 0.29) is 18.2 Å². The highest BCUT2D eigenvalue weighted by Crippen LogP contribution is 2.18. The number of hydrogen-bond acceptors (Lipinski definition) is 3. The molecule has 21 heavy (non-hydrogen) atoms. The lowest BCUT2D eigenvalue weighted by atomic mass is 9.93. The molecule has 0 radical (unpaired) electrons. The molecule has 5 nitrogen and oxygen atoms in total. The maximum Gasteiger partial charge on any atom is 0.315 e. The highest BCUT2D eigenvalue weighted by atomic mass is 16.5. The predicted octanol–water partition coefficient (Wildman–Crippen LogP) is 2.11. The molecule has 0 unspecified atom stereocenters. The van der Waals surface area contributed by atoms with Crippen molar-refractivity contribution in [2.45, 2.75) is 51.3 Å². The van der Waals surface area contributed by atoms with Gasteiger partial charge in [0.05, 0.1) is 13.2 Å². The molecule has 0 bridgehead atoms. The fraction of sp³-hybridized carbons (Fsp3) is 0.562. The van der Waals surface area contributed by atoms with E-state index in [1.807, 2.05) is 25.1 Å². The molecule has 1 fully saturated rings. The highest BCUT2D eigenvalue weighted by Gasteiger charge is 2.20. The van der Waals surface area contributed by atoms with E-state index in [0.29, 0.717) is 6.54 Å². The molecule has 0 heterocycles. The summed E-state index contributed by atoms with van der Waals surface area (Å²) in [4.78, 5) is 11.9. The van der Waals surface area contributed by atoms with E-state index in [2.05, 4.69) is 10.6 Å². The third-order valence-corrected chi connectivity index (χ3v) is 3.83. The number of hydrogen-bond donors (Lipinski definition) is 3. The molecular formula is C16H24N2O3. The first-order valence-electron chi connectivity index (χ1n) is 7.44. The molecule has 1 aromatic rings. The van der Waals surface area contributed by atoms with Crippen molar-refractivity contribution in [3.8, 4) is 5.75 Å². The van der Waals surface area contributed by atoms with Crippen molar-refractivity contribution in [2.24, 2.45) is 0 Å². The van der Waals surface area contributed by atoms with Gasteiger partial charge in [0.25, 0.3) is 0 Å². The Balaban J connectivity index is 1.79. The van der Waals surface area contributed by atoms with Crippen LogP contribution in [0.5, 0.6) is 5.75 Å². The van der Waals surface area contributed by atoms with Crippen LogP contribution in [0.1, 0.15) is 36.8 Å². The predicted molar refractivity (Wildman–Crippen MR) is 81.4 cm³/mol. The lowest BCUT2D eigenvalue weighted by molar-refractivity contribution is 0.117. The molecule has 1 aliphatic carbocycles. The number of methoxy groups -OCH3 is 1. The second kappa shape index (κ2) is 7.31. The van der Waals surface area contributed by atoms with Crippen molar-refractivity contribution in [3.05, 3.63) is 29.3 Å². The zero-order valence-electron chi connectivity index (χ0n) is 12.7. The molecule has 1 saturated carbocycles. The van der Waals surface area contributed by atoms with E-state index in [0.717, 1.165) is 42.6 Å². The van der Waals surface area contributed by atoms with Crippen LogP contribution in [0.4, 0.5) is 4.79 Å². The summed E-state index contributed by atoms with van der Waals surface area (Å²) in [6.45, 7) is 2.47. The van der Waals surface area contributed by atoms with Gasteiger partial charge in [-0.2, -0.15) is 0 Å². The number of ether oxygens (including phenoxy) is 1. The summed E-state index contributed by atoms with van der Waals surface area (Å²) >= 11 is 0. The first-order valence-corrected chi connectivity index (χ1v) is 7.44. The van der Waals surface area contributed by atoms with Gasteiger partial charge in [0, 0.05) is 12.6 Å². The molecule has 116 valence electrons. The second-order valence-corrected chi connectivity index (χ2v) is 5.69. The summed E-state index contributed by atoms with van der Waals surface area (Å²) in [5.41, 5.74) is 2.12. The van der Waals surface area contributed by atoms with Gasteiger partial charge < -0.3 is 20.5 Å². The number of rotatable bonds is 4. The topological polar surface area (TPSA) is 70.6 Å². The van der Waals surface area contributed by atoms with Gasteiger partial charge in [-0.15, -0.1) is 0 Å². The smallest absolute Gasteiger partial charge is 0.315 e. The average Bonchev–Trinajstić information content (AvgIpc) is 2.47. The number of carbonyl (C=O) groups is 1.